The number of carbonyl (C=O) groups is 1. The number of amides is 1. The molecule has 0 aliphatic heterocycles. The second-order valence-electron chi connectivity index (χ2n) is 4.40. The first-order chi connectivity index (χ1) is 7.95. The Morgan fingerprint density at radius 1 is 1.47 bits per heavy atom. The highest BCUT2D eigenvalue weighted by atomic mass is 16.1. The Morgan fingerprint density at radius 3 is 2.59 bits per heavy atom. The highest BCUT2D eigenvalue weighted by molar-refractivity contribution is 5.83. The van der Waals surface area contributed by atoms with Gasteiger partial charge in [-0.25, -0.2) is 0 Å². The normalized spacial score (nSPS) is 12.0. The molecule has 0 aromatic heterocycles. The van der Waals surface area contributed by atoms with E-state index in [0.29, 0.717) is 6.42 Å². The molecule has 3 N–H and O–H groups in total. The van der Waals surface area contributed by atoms with Gasteiger partial charge in [-0.15, -0.1) is 0 Å². The first-order valence-electron chi connectivity index (χ1n) is 5.79. The second kappa shape index (κ2) is 5.57. The molecule has 1 unspecified atom stereocenters. The minimum Gasteiger partial charge on any atom is -0.377 e. The number of nitrogens with two attached hydrogens (primary N) is 1. The molecule has 1 amide bonds. The van der Waals surface area contributed by atoms with Crippen molar-refractivity contribution in [2.24, 2.45) is 5.73 Å². The fraction of sp³-hybridized carbons (Fsp3) is 0.462. The Balaban J connectivity index is 2.92. The van der Waals surface area contributed by atoms with Crippen molar-refractivity contribution in [3.05, 3.63) is 23.8 Å². The number of carbonyl (C=O) groups excluding carboxylic acids is 1. The first-order valence-corrected chi connectivity index (χ1v) is 5.79. The fourth-order valence-corrected chi connectivity index (χ4v) is 1.76. The van der Waals surface area contributed by atoms with Crippen LogP contribution in [-0.2, 0) is 4.79 Å². The van der Waals surface area contributed by atoms with Gasteiger partial charge in [0.2, 0.25) is 5.91 Å². The summed E-state index contributed by atoms with van der Waals surface area (Å²) in [6.07, 6.45) is 0.681. The molecule has 0 fully saturated rings. The molecule has 0 aliphatic rings. The van der Waals surface area contributed by atoms with Gasteiger partial charge in [0.05, 0.1) is 0 Å². The maximum absolute atomic E-state index is 11.2. The zero-order valence-corrected chi connectivity index (χ0v) is 10.9. The van der Waals surface area contributed by atoms with Crippen LogP contribution in [0, 0.1) is 6.92 Å². The van der Waals surface area contributed by atoms with Gasteiger partial charge in [0.1, 0.15) is 6.04 Å². The summed E-state index contributed by atoms with van der Waals surface area (Å²) in [5, 5.41) is 3.15. The van der Waals surface area contributed by atoms with Gasteiger partial charge < -0.3 is 16.0 Å². The van der Waals surface area contributed by atoms with E-state index in [-0.39, 0.29) is 11.9 Å². The van der Waals surface area contributed by atoms with Crippen LogP contribution >= 0.6 is 0 Å². The molecule has 0 saturated carbocycles. The Labute approximate surface area is 103 Å². The fourth-order valence-electron chi connectivity index (χ4n) is 1.76. The van der Waals surface area contributed by atoms with Gasteiger partial charge in [0.15, 0.2) is 0 Å². The molecule has 0 bridgehead atoms. The van der Waals surface area contributed by atoms with Gasteiger partial charge >= 0.3 is 0 Å². The summed E-state index contributed by atoms with van der Waals surface area (Å²) in [5.41, 5.74) is 8.57. The van der Waals surface area contributed by atoms with E-state index in [0.717, 1.165) is 11.4 Å². The summed E-state index contributed by atoms with van der Waals surface area (Å²) >= 11 is 0. The van der Waals surface area contributed by atoms with Crippen LogP contribution in [0.25, 0.3) is 0 Å². The Hall–Kier alpha value is -1.71. The highest BCUT2D eigenvalue weighted by Crippen LogP contribution is 2.23. The predicted molar refractivity (Wildman–Crippen MR) is 72.4 cm³/mol. The van der Waals surface area contributed by atoms with Crippen molar-refractivity contribution < 1.29 is 4.79 Å². The van der Waals surface area contributed by atoms with E-state index in [2.05, 4.69) is 12.2 Å². The molecular weight excluding hydrogens is 214 g/mol. The van der Waals surface area contributed by atoms with Gasteiger partial charge in [0, 0.05) is 25.5 Å². The SMILES string of the molecule is CCC(Nc1ccc(C)c(N(C)C)c1)C(N)=O. The molecule has 1 aromatic rings. The molecule has 1 aromatic carbocycles. The Kier molecular flexibility index (Phi) is 4.37. The van der Waals surface area contributed by atoms with E-state index >= 15 is 0 Å². The number of benzene rings is 1. The van der Waals surface area contributed by atoms with Crippen molar-refractivity contribution in [2.75, 3.05) is 24.3 Å². The summed E-state index contributed by atoms with van der Waals surface area (Å²) in [6.45, 7) is 3.99. The maximum Gasteiger partial charge on any atom is 0.239 e. The quantitative estimate of drug-likeness (QED) is 0.817. The van der Waals surface area contributed by atoms with Crippen molar-refractivity contribution in [1.82, 2.24) is 0 Å². The standard InChI is InChI=1S/C13H21N3O/c1-5-11(13(14)17)15-10-7-6-9(2)12(8-10)16(3)4/h6-8,11,15H,5H2,1-4H3,(H2,14,17). The van der Waals surface area contributed by atoms with E-state index in [9.17, 15) is 4.79 Å². The minimum atomic E-state index is -0.320. The molecule has 0 aliphatic carbocycles. The lowest BCUT2D eigenvalue weighted by Gasteiger charge is -2.19. The summed E-state index contributed by atoms with van der Waals surface area (Å²) < 4.78 is 0. The zero-order chi connectivity index (χ0) is 13.0. The van der Waals surface area contributed by atoms with Crippen LogP contribution in [0.1, 0.15) is 18.9 Å². The largest absolute Gasteiger partial charge is 0.377 e. The average Bonchev–Trinajstić information content (AvgIpc) is 2.27. The van der Waals surface area contributed by atoms with Crippen molar-refractivity contribution >= 4 is 17.3 Å². The number of aryl methyl sites for hydroxylation is 1. The molecule has 4 nitrogen and oxygen atoms in total. The lowest BCUT2D eigenvalue weighted by Crippen LogP contribution is -2.34. The van der Waals surface area contributed by atoms with Crippen LogP contribution in [-0.4, -0.2) is 26.0 Å². The number of anilines is 2. The van der Waals surface area contributed by atoms with Crippen LogP contribution in [0.5, 0.6) is 0 Å². The van der Waals surface area contributed by atoms with Crippen molar-refractivity contribution in [1.29, 1.82) is 0 Å². The minimum absolute atomic E-state index is 0.312. The molecule has 1 rings (SSSR count). The smallest absolute Gasteiger partial charge is 0.239 e. The van der Waals surface area contributed by atoms with Crippen molar-refractivity contribution in [3.8, 4) is 0 Å². The van der Waals surface area contributed by atoms with Gasteiger partial charge in [-0.05, 0) is 31.0 Å². The van der Waals surface area contributed by atoms with Gasteiger partial charge in [0.25, 0.3) is 0 Å². The molecule has 0 spiro atoms. The lowest BCUT2D eigenvalue weighted by molar-refractivity contribution is -0.118. The summed E-state index contributed by atoms with van der Waals surface area (Å²) in [7, 11) is 4.00. The topological polar surface area (TPSA) is 58.4 Å². The zero-order valence-electron chi connectivity index (χ0n) is 10.9. The molecule has 17 heavy (non-hydrogen) atoms. The van der Waals surface area contributed by atoms with Crippen LogP contribution in [0.15, 0.2) is 18.2 Å². The number of hydrogen-bond acceptors (Lipinski definition) is 3. The monoisotopic (exact) mass is 235 g/mol. The van der Waals surface area contributed by atoms with Gasteiger partial charge in [-0.2, -0.15) is 0 Å². The third-order valence-electron chi connectivity index (χ3n) is 2.78. The third-order valence-corrected chi connectivity index (χ3v) is 2.78. The van der Waals surface area contributed by atoms with Crippen LogP contribution in [0.4, 0.5) is 11.4 Å². The molecular formula is C13H21N3O. The molecule has 94 valence electrons. The van der Waals surface area contributed by atoms with Crippen LogP contribution in [0.2, 0.25) is 0 Å². The number of nitrogens with zero attached hydrogens (tertiary/aromatic N) is 1. The van der Waals surface area contributed by atoms with E-state index < -0.39 is 0 Å². The molecule has 4 heteroatoms. The van der Waals surface area contributed by atoms with Crippen molar-refractivity contribution in [2.45, 2.75) is 26.3 Å². The van der Waals surface area contributed by atoms with Gasteiger partial charge in [-0.1, -0.05) is 13.0 Å². The van der Waals surface area contributed by atoms with Crippen LogP contribution in [0.3, 0.4) is 0 Å². The lowest BCUT2D eigenvalue weighted by atomic mass is 10.1. The Morgan fingerprint density at radius 2 is 2.12 bits per heavy atom. The second-order valence-corrected chi connectivity index (χ2v) is 4.40. The van der Waals surface area contributed by atoms with E-state index in [4.69, 9.17) is 5.73 Å². The van der Waals surface area contributed by atoms with E-state index in [1.165, 1.54) is 5.56 Å². The van der Waals surface area contributed by atoms with E-state index in [1.807, 2.05) is 44.1 Å². The third kappa shape index (κ3) is 3.37. The average molecular weight is 235 g/mol. The van der Waals surface area contributed by atoms with E-state index in [1.54, 1.807) is 0 Å². The number of hydrogen-bond donors (Lipinski definition) is 2. The molecule has 1 atom stereocenters. The highest BCUT2D eigenvalue weighted by Gasteiger charge is 2.12. The molecule has 0 heterocycles. The number of primary amides is 1. The number of rotatable bonds is 5. The van der Waals surface area contributed by atoms with Crippen molar-refractivity contribution in [3.63, 3.8) is 0 Å². The van der Waals surface area contributed by atoms with Crippen LogP contribution < -0.4 is 16.0 Å². The first kappa shape index (κ1) is 13.4. The summed E-state index contributed by atoms with van der Waals surface area (Å²) in [5.74, 6) is -0.320. The Bertz CT molecular complexity index is 402. The predicted octanol–water partition coefficient (Wildman–Crippen LogP) is 1.74. The molecule has 0 radical (unpaired) electrons. The summed E-state index contributed by atoms with van der Waals surface area (Å²) in [6, 6.07) is 5.72. The molecule has 0 saturated heterocycles. The maximum atomic E-state index is 11.2. The summed E-state index contributed by atoms with van der Waals surface area (Å²) in [4.78, 5) is 13.2. The van der Waals surface area contributed by atoms with Gasteiger partial charge in [-0.3, -0.25) is 4.79 Å². The number of nitrogens with one attached hydrogen (secondary N) is 1.